The first-order valence-electron chi connectivity index (χ1n) is 11.8. The van der Waals surface area contributed by atoms with Crippen LogP contribution in [0.25, 0.3) is 6.08 Å². The van der Waals surface area contributed by atoms with E-state index < -0.39 is 11.9 Å². The van der Waals surface area contributed by atoms with Gasteiger partial charge in [0.15, 0.2) is 17.2 Å². The molecule has 2 aromatic rings. The van der Waals surface area contributed by atoms with Crippen LogP contribution in [0.15, 0.2) is 53.4 Å². The number of carbonyl (C=O) groups is 2. The van der Waals surface area contributed by atoms with Crippen LogP contribution in [-0.2, 0) is 9.53 Å². The second-order valence-electron chi connectivity index (χ2n) is 10.1. The Morgan fingerprint density at radius 2 is 1.82 bits per heavy atom. The summed E-state index contributed by atoms with van der Waals surface area (Å²) in [6, 6.07) is 8.41. The lowest BCUT2D eigenvalue weighted by atomic mass is 9.49. The maximum atomic E-state index is 12.7. The van der Waals surface area contributed by atoms with Crippen molar-refractivity contribution in [3.63, 3.8) is 0 Å². The third kappa shape index (κ3) is 3.69. The van der Waals surface area contributed by atoms with Crippen molar-refractivity contribution in [3.05, 3.63) is 59.5 Å². The molecule has 1 aromatic carbocycles. The van der Waals surface area contributed by atoms with Crippen molar-refractivity contribution in [2.75, 3.05) is 7.11 Å². The molecule has 7 heteroatoms. The van der Waals surface area contributed by atoms with Crippen LogP contribution >= 0.6 is 0 Å². The van der Waals surface area contributed by atoms with Crippen LogP contribution in [0.1, 0.15) is 54.4 Å². The summed E-state index contributed by atoms with van der Waals surface area (Å²) in [5.74, 6) is 2.58. The normalized spacial score (nSPS) is 30.3. The van der Waals surface area contributed by atoms with Gasteiger partial charge in [-0.05, 0) is 92.2 Å². The summed E-state index contributed by atoms with van der Waals surface area (Å²) in [6.07, 6.45) is 12.0. The fourth-order valence-corrected chi connectivity index (χ4v) is 6.67. The molecule has 4 aliphatic carbocycles. The lowest BCUT2D eigenvalue weighted by Gasteiger charge is -2.55. The van der Waals surface area contributed by atoms with Crippen LogP contribution in [0.5, 0.6) is 11.5 Å². The molecule has 1 aliphatic heterocycles. The van der Waals surface area contributed by atoms with Gasteiger partial charge in [0.1, 0.15) is 0 Å². The van der Waals surface area contributed by atoms with E-state index in [0.717, 1.165) is 37.0 Å². The molecule has 2 heterocycles. The predicted molar refractivity (Wildman–Crippen MR) is 124 cm³/mol. The van der Waals surface area contributed by atoms with Gasteiger partial charge in [-0.2, -0.15) is 0 Å². The standard InChI is InChI=1S/C27H26N2O5/c1-32-23-11-16(4-5-22(23)33-24(30)20-3-2-6-28-15-20)10-21-25(31)34-26(29-21)27-12-17-7-18(13-27)9-19(8-17)14-27/h2-6,10-11,15,17-19H,7-9,12-14H2,1H3/b21-10-. The number of ether oxygens (including phenoxy) is 3. The van der Waals surface area contributed by atoms with Crippen LogP contribution in [-0.4, -0.2) is 29.9 Å². The van der Waals surface area contributed by atoms with Gasteiger partial charge in [0, 0.05) is 17.8 Å². The molecule has 174 valence electrons. The molecule has 0 radical (unpaired) electrons. The zero-order chi connectivity index (χ0) is 23.3. The van der Waals surface area contributed by atoms with E-state index in [1.165, 1.54) is 32.6 Å². The average molecular weight is 459 g/mol. The van der Waals surface area contributed by atoms with Gasteiger partial charge in [0.05, 0.1) is 12.7 Å². The summed E-state index contributed by atoms with van der Waals surface area (Å²) in [4.78, 5) is 33.7. The highest BCUT2D eigenvalue weighted by Gasteiger charge is 2.55. The third-order valence-corrected chi connectivity index (χ3v) is 7.70. The summed E-state index contributed by atoms with van der Waals surface area (Å²) in [6.45, 7) is 0. The lowest BCUT2D eigenvalue weighted by Crippen LogP contribution is -2.50. The largest absolute Gasteiger partial charge is 0.493 e. The number of rotatable bonds is 5. The van der Waals surface area contributed by atoms with Crippen LogP contribution in [0.4, 0.5) is 0 Å². The molecule has 5 aliphatic rings. The first kappa shape index (κ1) is 21.1. The molecule has 0 atom stereocenters. The Labute approximate surface area is 197 Å². The molecule has 0 saturated heterocycles. The topological polar surface area (TPSA) is 87.1 Å². The van der Waals surface area contributed by atoms with Crippen molar-refractivity contribution in [1.29, 1.82) is 0 Å². The Hall–Kier alpha value is -3.48. The number of aliphatic imine (C=N–C) groups is 1. The van der Waals surface area contributed by atoms with Crippen molar-refractivity contribution in [1.82, 2.24) is 4.98 Å². The number of benzene rings is 1. The summed E-state index contributed by atoms with van der Waals surface area (Å²) in [7, 11) is 1.50. The van der Waals surface area contributed by atoms with Gasteiger partial charge in [-0.3, -0.25) is 4.98 Å². The molecule has 0 N–H and O–H groups in total. The van der Waals surface area contributed by atoms with E-state index in [1.807, 2.05) is 0 Å². The van der Waals surface area contributed by atoms with Gasteiger partial charge in [-0.25, -0.2) is 14.6 Å². The van der Waals surface area contributed by atoms with Crippen molar-refractivity contribution >= 4 is 23.9 Å². The van der Waals surface area contributed by atoms with E-state index >= 15 is 0 Å². The monoisotopic (exact) mass is 458 g/mol. The second kappa shape index (κ2) is 8.08. The highest BCUT2D eigenvalue weighted by molar-refractivity contribution is 6.09. The van der Waals surface area contributed by atoms with Gasteiger partial charge in [0.2, 0.25) is 5.90 Å². The summed E-state index contributed by atoms with van der Waals surface area (Å²) in [5, 5.41) is 0. The highest BCUT2D eigenvalue weighted by atomic mass is 16.6. The predicted octanol–water partition coefficient (Wildman–Crippen LogP) is 4.82. The van der Waals surface area contributed by atoms with Crippen molar-refractivity contribution in [3.8, 4) is 11.5 Å². The number of cyclic esters (lactones) is 1. The molecular formula is C27H26N2O5. The molecule has 4 fully saturated rings. The van der Waals surface area contributed by atoms with Crippen LogP contribution in [0.3, 0.4) is 0 Å². The molecule has 0 unspecified atom stereocenters. The minimum atomic E-state index is -0.526. The Balaban J connectivity index is 1.24. The fraction of sp³-hybridized carbons (Fsp3) is 0.407. The van der Waals surface area contributed by atoms with E-state index in [4.69, 9.17) is 19.2 Å². The minimum absolute atomic E-state index is 0.0674. The number of nitrogens with zero attached hydrogens (tertiary/aromatic N) is 2. The SMILES string of the molecule is COc1cc(/C=C2\N=C(C34CC5CC(CC(C5)C3)C4)OC2=O)ccc1OC(=O)c1cccnc1. The Morgan fingerprint density at radius 1 is 1.09 bits per heavy atom. The van der Waals surface area contributed by atoms with Crippen LogP contribution in [0, 0.1) is 23.2 Å². The van der Waals surface area contributed by atoms with E-state index in [9.17, 15) is 9.59 Å². The number of esters is 2. The quantitative estimate of drug-likeness (QED) is 0.363. The smallest absolute Gasteiger partial charge is 0.363 e. The van der Waals surface area contributed by atoms with Crippen LogP contribution < -0.4 is 9.47 Å². The molecule has 4 bridgehead atoms. The van der Waals surface area contributed by atoms with Gasteiger partial charge < -0.3 is 14.2 Å². The number of pyridine rings is 1. The summed E-state index contributed by atoms with van der Waals surface area (Å²) < 4.78 is 16.7. The summed E-state index contributed by atoms with van der Waals surface area (Å²) in [5.41, 5.74) is 1.28. The number of methoxy groups -OCH3 is 1. The number of hydrogen-bond donors (Lipinski definition) is 0. The number of aromatic nitrogens is 1. The molecule has 34 heavy (non-hydrogen) atoms. The fourth-order valence-electron chi connectivity index (χ4n) is 6.67. The van der Waals surface area contributed by atoms with E-state index in [2.05, 4.69) is 4.98 Å². The maximum absolute atomic E-state index is 12.7. The number of hydrogen-bond acceptors (Lipinski definition) is 7. The number of carbonyl (C=O) groups excluding carboxylic acids is 2. The highest BCUT2D eigenvalue weighted by Crippen LogP contribution is 2.61. The minimum Gasteiger partial charge on any atom is -0.493 e. The lowest BCUT2D eigenvalue weighted by molar-refractivity contribution is -0.131. The third-order valence-electron chi connectivity index (χ3n) is 7.70. The zero-order valence-corrected chi connectivity index (χ0v) is 19.0. The van der Waals surface area contributed by atoms with Crippen molar-refractivity contribution in [2.45, 2.75) is 38.5 Å². The second-order valence-corrected chi connectivity index (χ2v) is 10.1. The van der Waals surface area contributed by atoms with Gasteiger partial charge in [0.25, 0.3) is 0 Å². The van der Waals surface area contributed by atoms with Crippen molar-refractivity contribution in [2.24, 2.45) is 28.2 Å². The van der Waals surface area contributed by atoms with Crippen LogP contribution in [0.2, 0.25) is 0 Å². The molecule has 4 saturated carbocycles. The first-order chi connectivity index (χ1) is 16.5. The maximum Gasteiger partial charge on any atom is 0.363 e. The van der Waals surface area contributed by atoms with E-state index in [1.54, 1.807) is 42.6 Å². The molecule has 1 aromatic heterocycles. The summed E-state index contributed by atoms with van der Waals surface area (Å²) >= 11 is 0. The molecule has 7 nitrogen and oxygen atoms in total. The Bertz CT molecular complexity index is 1180. The zero-order valence-electron chi connectivity index (χ0n) is 19.0. The average Bonchev–Trinajstić information content (AvgIpc) is 3.20. The Kier molecular flexibility index (Phi) is 5.01. The van der Waals surface area contributed by atoms with Gasteiger partial charge >= 0.3 is 11.9 Å². The van der Waals surface area contributed by atoms with E-state index in [0.29, 0.717) is 28.5 Å². The van der Waals surface area contributed by atoms with E-state index in [-0.39, 0.29) is 11.2 Å². The Morgan fingerprint density at radius 3 is 2.47 bits per heavy atom. The molecule has 0 spiro atoms. The van der Waals surface area contributed by atoms with Gasteiger partial charge in [-0.15, -0.1) is 0 Å². The molecule has 0 amide bonds. The van der Waals surface area contributed by atoms with Gasteiger partial charge in [-0.1, -0.05) is 6.07 Å². The van der Waals surface area contributed by atoms with Crippen molar-refractivity contribution < 1.29 is 23.8 Å². The first-order valence-corrected chi connectivity index (χ1v) is 11.8. The molecular weight excluding hydrogens is 432 g/mol. The molecule has 7 rings (SSSR count).